The minimum absolute atomic E-state index is 0.278. The number of fused-ring (bicyclic) bond motifs is 1. The molecule has 0 bridgehead atoms. The normalized spacial score (nSPS) is 14.0. The van der Waals surface area contributed by atoms with E-state index in [4.69, 9.17) is 9.72 Å². The molecule has 8 nitrogen and oxygen atoms in total. The zero-order chi connectivity index (χ0) is 21.2. The van der Waals surface area contributed by atoms with Crippen molar-refractivity contribution in [1.82, 2.24) is 19.4 Å². The minimum Gasteiger partial charge on any atom is -0.378 e. The number of hydrogen-bond donors (Lipinski definition) is 1. The third kappa shape index (κ3) is 3.97. The van der Waals surface area contributed by atoms with Crippen molar-refractivity contribution in [2.75, 3.05) is 36.5 Å². The van der Waals surface area contributed by atoms with Crippen LogP contribution in [0.25, 0.3) is 16.9 Å². The molecule has 5 rings (SSSR count). The molecule has 0 aliphatic carbocycles. The summed E-state index contributed by atoms with van der Waals surface area (Å²) in [5.41, 5.74) is 4.81. The van der Waals surface area contributed by atoms with Gasteiger partial charge in [-0.3, -0.25) is 4.79 Å². The van der Waals surface area contributed by atoms with Crippen molar-refractivity contribution < 1.29 is 9.53 Å². The summed E-state index contributed by atoms with van der Waals surface area (Å²) in [7, 11) is 0. The van der Waals surface area contributed by atoms with Gasteiger partial charge in [-0.15, -0.1) is 0 Å². The van der Waals surface area contributed by atoms with Crippen LogP contribution in [0.2, 0.25) is 0 Å². The second-order valence-electron chi connectivity index (χ2n) is 7.44. The second kappa shape index (κ2) is 8.16. The molecule has 4 aromatic rings. The lowest BCUT2D eigenvalue weighted by molar-refractivity contribution is 0.102. The van der Waals surface area contributed by atoms with Gasteiger partial charge in [0.05, 0.1) is 18.9 Å². The maximum Gasteiger partial charge on any atom is 0.274 e. The van der Waals surface area contributed by atoms with Crippen LogP contribution >= 0.6 is 0 Å². The number of nitrogens with one attached hydrogen (secondary N) is 1. The van der Waals surface area contributed by atoms with E-state index < -0.39 is 0 Å². The van der Waals surface area contributed by atoms with Crippen molar-refractivity contribution in [2.24, 2.45) is 0 Å². The first kappa shape index (κ1) is 19.2. The summed E-state index contributed by atoms with van der Waals surface area (Å²) in [5.74, 6) is 0.456. The van der Waals surface area contributed by atoms with E-state index in [0.29, 0.717) is 24.6 Å². The first-order valence-electron chi connectivity index (χ1n) is 10.2. The number of rotatable bonds is 4. The van der Waals surface area contributed by atoms with Crippen molar-refractivity contribution in [3.63, 3.8) is 0 Å². The minimum atomic E-state index is -0.278. The predicted octanol–water partition coefficient (Wildman–Crippen LogP) is 3.19. The number of imidazole rings is 1. The molecule has 1 aliphatic heterocycles. The smallest absolute Gasteiger partial charge is 0.274 e. The fourth-order valence-corrected chi connectivity index (χ4v) is 3.68. The van der Waals surface area contributed by atoms with Gasteiger partial charge >= 0.3 is 0 Å². The lowest BCUT2D eigenvalue weighted by Gasteiger charge is -2.27. The summed E-state index contributed by atoms with van der Waals surface area (Å²) in [6.07, 6.45) is 5.39. The molecule has 0 unspecified atom stereocenters. The first-order valence-corrected chi connectivity index (χ1v) is 10.2. The van der Waals surface area contributed by atoms with Crippen LogP contribution in [0, 0.1) is 6.92 Å². The number of hydrogen-bond acceptors (Lipinski definition) is 6. The Labute approximate surface area is 179 Å². The van der Waals surface area contributed by atoms with E-state index in [1.54, 1.807) is 6.07 Å². The molecule has 1 aliphatic rings. The molecular weight excluding hydrogens is 392 g/mol. The van der Waals surface area contributed by atoms with Crippen LogP contribution in [0.4, 0.5) is 11.5 Å². The zero-order valence-electron chi connectivity index (χ0n) is 17.2. The maximum atomic E-state index is 12.8. The van der Waals surface area contributed by atoms with Gasteiger partial charge in [0.25, 0.3) is 5.91 Å². The average molecular weight is 414 g/mol. The van der Waals surface area contributed by atoms with Crippen LogP contribution in [-0.2, 0) is 4.74 Å². The zero-order valence-corrected chi connectivity index (χ0v) is 17.2. The van der Waals surface area contributed by atoms with Crippen LogP contribution in [0.5, 0.6) is 0 Å². The first-order chi connectivity index (χ1) is 15.2. The summed E-state index contributed by atoms with van der Waals surface area (Å²) in [5, 5.41) is 2.94. The van der Waals surface area contributed by atoms with Gasteiger partial charge in [-0.1, -0.05) is 18.2 Å². The molecule has 31 heavy (non-hydrogen) atoms. The molecule has 8 heteroatoms. The third-order valence-corrected chi connectivity index (χ3v) is 5.31. The molecule has 1 aromatic carbocycles. The SMILES string of the molecule is Cc1cccn2cc(-c3cccc(NC(=O)c4cc(N5CCOCC5)ncn4)c3)nc12. The molecule has 1 amide bonds. The second-order valence-corrected chi connectivity index (χ2v) is 7.44. The highest BCUT2D eigenvalue weighted by Crippen LogP contribution is 2.24. The van der Waals surface area contributed by atoms with Crippen LogP contribution in [0.1, 0.15) is 16.1 Å². The average Bonchev–Trinajstić information content (AvgIpc) is 3.26. The lowest BCUT2D eigenvalue weighted by Crippen LogP contribution is -2.37. The van der Waals surface area contributed by atoms with Gasteiger partial charge in [-0.05, 0) is 30.7 Å². The number of benzene rings is 1. The molecule has 4 heterocycles. The van der Waals surface area contributed by atoms with E-state index in [9.17, 15) is 4.79 Å². The molecule has 156 valence electrons. The third-order valence-electron chi connectivity index (χ3n) is 5.31. The fourth-order valence-electron chi connectivity index (χ4n) is 3.68. The van der Waals surface area contributed by atoms with E-state index in [1.165, 1.54) is 6.33 Å². The Morgan fingerprint density at radius 3 is 2.81 bits per heavy atom. The van der Waals surface area contributed by atoms with E-state index in [0.717, 1.165) is 41.4 Å². The maximum absolute atomic E-state index is 12.8. The number of ether oxygens (including phenoxy) is 1. The van der Waals surface area contributed by atoms with E-state index in [1.807, 2.05) is 60.1 Å². The number of aromatic nitrogens is 4. The molecule has 1 saturated heterocycles. The van der Waals surface area contributed by atoms with Crippen LogP contribution in [0.15, 0.2) is 61.2 Å². The number of aryl methyl sites for hydroxylation is 1. The van der Waals surface area contributed by atoms with Gasteiger partial charge in [0.2, 0.25) is 0 Å². The summed E-state index contributed by atoms with van der Waals surface area (Å²) in [4.78, 5) is 28.1. The van der Waals surface area contributed by atoms with Crippen LogP contribution in [0.3, 0.4) is 0 Å². The molecular formula is C23H22N6O2. The number of anilines is 2. The Hall–Kier alpha value is -3.78. The number of morpholine rings is 1. The van der Waals surface area contributed by atoms with E-state index in [2.05, 4.69) is 20.2 Å². The van der Waals surface area contributed by atoms with Gasteiger partial charge in [0, 0.05) is 42.8 Å². The molecule has 3 aromatic heterocycles. The lowest BCUT2D eigenvalue weighted by atomic mass is 10.1. The van der Waals surface area contributed by atoms with Gasteiger partial charge in [0.1, 0.15) is 23.5 Å². The monoisotopic (exact) mass is 414 g/mol. The summed E-state index contributed by atoms with van der Waals surface area (Å²) < 4.78 is 7.38. The molecule has 1 fully saturated rings. The predicted molar refractivity (Wildman–Crippen MR) is 118 cm³/mol. The molecule has 0 spiro atoms. The van der Waals surface area contributed by atoms with Gasteiger partial charge in [-0.25, -0.2) is 15.0 Å². The Morgan fingerprint density at radius 2 is 1.97 bits per heavy atom. The number of carbonyl (C=O) groups excluding carboxylic acids is 1. The summed E-state index contributed by atoms with van der Waals surface area (Å²) in [6, 6.07) is 13.4. The van der Waals surface area contributed by atoms with Crippen molar-refractivity contribution >= 4 is 23.1 Å². The highest BCUT2D eigenvalue weighted by Gasteiger charge is 2.16. The number of nitrogens with zero attached hydrogens (tertiary/aromatic N) is 5. The van der Waals surface area contributed by atoms with Crippen molar-refractivity contribution in [3.8, 4) is 11.3 Å². The quantitative estimate of drug-likeness (QED) is 0.552. The van der Waals surface area contributed by atoms with Gasteiger partial charge in [0.15, 0.2) is 0 Å². The van der Waals surface area contributed by atoms with Gasteiger partial charge < -0.3 is 19.4 Å². The Bertz CT molecular complexity index is 1250. The molecule has 0 radical (unpaired) electrons. The Kier molecular flexibility index (Phi) is 5.05. The molecule has 0 atom stereocenters. The topological polar surface area (TPSA) is 84.7 Å². The highest BCUT2D eigenvalue weighted by molar-refractivity contribution is 6.03. The number of carbonyl (C=O) groups is 1. The Balaban J connectivity index is 1.37. The van der Waals surface area contributed by atoms with Crippen molar-refractivity contribution in [2.45, 2.75) is 6.92 Å². The molecule has 1 N–H and O–H groups in total. The number of amides is 1. The number of pyridine rings is 1. The van der Waals surface area contributed by atoms with E-state index >= 15 is 0 Å². The molecule has 0 saturated carbocycles. The van der Waals surface area contributed by atoms with Gasteiger partial charge in [-0.2, -0.15) is 0 Å². The summed E-state index contributed by atoms with van der Waals surface area (Å²) in [6.45, 7) is 4.84. The summed E-state index contributed by atoms with van der Waals surface area (Å²) >= 11 is 0. The highest BCUT2D eigenvalue weighted by atomic mass is 16.5. The van der Waals surface area contributed by atoms with Crippen LogP contribution < -0.4 is 10.2 Å². The van der Waals surface area contributed by atoms with Crippen molar-refractivity contribution in [3.05, 3.63) is 72.4 Å². The van der Waals surface area contributed by atoms with Crippen molar-refractivity contribution in [1.29, 1.82) is 0 Å². The fraction of sp³-hybridized carbons (Fsp3) is 0.217. The van der Waals surface area contributed by atoms with Crippen LogP contribution in [-0.4, -0.2) is 51.6 Å². The Morgan fingerprint density at radius 1 is 1.10 bits per heavy atom. The van der Waals surface area contributed by atoms with E-state index in [-0.39, 0.29) is 5.91 Å². The largest absolute Gasteiger partial charge is 0.378 e. The standard InChI is InChI=1S/C23H22N6O2/c1-16-4-3-7-29-14-20(27-22(16)29)17-5-2-6-18(12-17)26-23(30)19-13-21(25-15-24-19)28-8-10-31-11-9-28/h2-7,12-15H,8-11H2,1H3,(H,26,30).